The summed E-state index contributed by atoms with van der Waals surface area (Å²) in [6.07, 6.45) is 2.44. The van der Waals surface area contributed by atoms with Gasteiger partial charge in [0.25, 0.3) is 0 Å². The topological polar surface area (TPSA) is 35.6 Å². The molecule has 0 unspecified atom stereocenters. The Bertz CT molecular complexity index is 696. The van der Waals surface area contributed by atoms with Crippen LogP contribution in [0.3, 0.4) is 0 Å². The van der Waals surface area contributed by atoms with E-state index >= 15 is 0 Å². The molecule has 2 amide bonds. The van der Waals surface area contributed by atoms with Gasteiger partial charge in [-0.3, -0.25) is 0 Å². The lowest BCUT2D eigenvalue weighted by molar-refractivity contribution is 0.220. The SMILES string of the molecule is CN(Cc1ccc(F)cc1)C(=O)Nc1cccc(N2CCCC2)c1. The van der Waals surface area contributed by atoms with Gasteiger partial charge in [-0.1, -0.05) is 18.2 Å². The maximum absolute atomic E-state index is 12.9. The Morgan fingerprint density at radius 1 is 1.17 bits per heavy atom. The van der Waals surface area contributed by atoms with Gasteiger partial charge in [-0.2, -0.15) is 0 Å². The second-order valence-corrected chi connectivity index (χ2v) is 6.16. The third-order valence-electron chi connectivity index (χ3n) is 4.25. The zero-order chi connectivity index (χ0) is 16.9. The fraction of sp³-hybridized carbons (Fsp3) is 0.316. The molecule has 3 rings (SSSR count). The van der Waals surface area contributed by atoms with E-state index in [1.807, 2.05) is 18.2 Å². The molecule has 0 aromatic heterocycles. The minimum absolute atomic E-state index is 0.183. The number of urea groups is 1. The summed E-state index contributed by atoms with van der Waals surface area (Å²) in [7, 11) is 1.73. The number of hydrogen-bond acceptors (Lipinski definition) is 2. The van der Waals surface area contributed by atoms with Crippen molar-refractivity contribution in [2.75, 3.05) is 30.4 Å². The molecular weight excluding hydrogens is 305 g/mol. The average molecular weight is 327 g/mol. The molecule has 4 nitrogen and oxygen atoms in total. The number of halogens is 1. The van der Waals surface area contributed by atoms with Gasteiger partial charge in [0.1, 0.15) is 5.82 Å². The summed E-state index contributed by atoms with van der Waals surface area (Å²) >= 11 is 0. The van der Waals surface area contributed by atoms with Crippen molar-refractivity contribution in [3.05, 3.63) is 59.9 Å². The van der Waals surface area contributed by atoms with E-state index in [1.165, 1.54) is 25.0 Å². The minimum atomic E-state index is -0.274. The number of rotatable bonds is 4. The van der Waals surface area contributed by atoms with E-state index < -0.39 is 0 Å². The molecule has 0 radical (unpaired) electrons. The molecule has 1 N–H and O–H groups in total. The molecule has 126 valence electrons. The van der Waals surface area contributed by atoms with Gasteiger partial charge in [0.05, 0.1) is 0 Å². The van der Waals surface area contributed by atoms with Crippen LogP contribution in [0, 0.1) is 5.82 Å². The van der Waals surface area contributed by atoms with Gasteiger partial charge in [0.2, 0.25) is 0 Å². The number of hydrogen-bond donors (Lipinski definition) is 1. The molecule has 1 saturated heterocycles. The fourth-order valence-electron chi connectivity index (χ4n) is 2.91. The lowest BCUT2D eigenvalue weighted by Gasteiger charge is -2.20. The van der Waals surface area contributed by atoms with Crippen molar-refractivity contribution in [2.45, 2.75) is 19.4 Å². The summed E-state index contributed by atoms with van der Waals surface area (Å²) in [4.78, 5) is 16.3. The molecule has 0 bridgehead atoms. The van der Waals surface area contributed by atoms with Gasteiger partial charge in [-0.05, 0) is 48.7 Å². The first-order valence-corrected chi connectivity index (χ1v) is 8.23. The molecule has 2 aromatic carbocycles. The van der Waals surface area contributed by atoms with Gasteiger partial charge >= 0.3 is 6.03 Å². The highest BCUT2D eigenvalue weighted by molar-refractivity contribution is 5.89. The van der Waals surface area contributed by atoms with Crippen molar-refractivity contribution in [1.29, 1.82) is 0 Å². The molecule has 0 saturated carbocycles. The Morgan fingerprint density at radius 3 is 2.58 bits per heavy atom. The molecule has 2 aromatic rings. The van der Waals surface area contributed by atoms with Crippen molar-refractivity contribution in [3.63, 3.8) is 0 Å². The molecule has 1 heterocycles. The van der Waals surface area contributed by atoms with Crippen LogP contribution in [0.1, 0.15) is 18.4 Å². The summed E-state index contributed by atoms with van der Waals surface area (Å²) in [6.45, 7) is 2.57. The number of carbonyl (C=O) groups excluding carboxylic acids is 1. The third kappa shape index (κ3) is 4.04. The Hall–Kier alpha value is -2.56. The van der Waals surface area contributed by atoms with E-state index in [1.54, 1.807) is 24.1 Å². The van der Waals surface area contributed by atoms with Crippen LogP contribution in [-0.2, 0) is 6.54 Å². The van der Waals surface area contributed by atoms with E-state index in [-0.39, 0.29) is 11.8 Å². The summed E-state index contributed by atoms with van der Waals surface area (Å²) in [6, 6.07) is 13.9. The second kappa shape index (κ2) is 7.34. The molecule has 1 fully saturated rings. The van der Waals surface area contributed by atoms with E-state index in [9.17, 15) is 9.18 Å². The second-order valence-electron chi connectivity index (χ2n) is 6.16. The van der Waals surface area contributed by atoms with Crippen molar-refractivity contribution in [2.24, 2.45) is 0 Å². The predicted molar refractivity (Wildman–Crippen MR) is 94.8 cm³/mol. The summed E-state index contributed by atoms with van der Waals surface area (Å²) in [5.41, 5.74) is 2.82. The van der Waals surface area contributed by atoms with Crippen LogP contribution in [0.2, 0.25) is 0 Å². The first kappa shape index (κ1) is 16.3. The molecule has 0 spiro atoms. The molecular formula is C19H22FN3O. The standard InChI is InChI=1S/C19H22FN3O/c1-22(14-15-7-9-16(20)10-8-15)19(24)21-17-5-4-6-18(13-17)23-11-2-3-12-23/h4-10,13H,2-3,11-12,14H2,1H3,(H,21,24). The van der Waals surface area contributed by atoms with Crippen molar-refractivity contribution >= 4 is 17.4 Å². The molecule has 0 aliphatic carbocycles. The smallest absolute Gasteiger partial charge is 0.321 e. The maximum atomic E-state index is 12.9. The number of benzene rings is 2. The van der Waals surface area contributed by atoms with E-state index in [0.717, 1.165) is 30.0 Å². The van der Waals surface area contributed by atoms with Crippen LogP contribution in [-0.4, -0.2) is 31.1 Å². The van der Waals surface area contributed by atoms with E-state index in [0.29, 0.717) is 6.54 Å². The molecule has 24 heavy (non-hydrogen) atoms. The van der Waals surface area contributed by atoms with Crippen LogP contribution in [0.25, 0.3) is 0 Å². The molecule has 5 heteroatoms. The predicted octanol–water partition coefficient (Wildman–Crippen LogP) is 4.09. The van der Waals surface area contributed by atoms with Crippen molar-refractivity contribution in [3.8, 4) is 0 Å². The van der Waals surface area contributed by atoms with Crippen LogP contribution in [0.15, 0.2) is 48.5 Å². The maximum Gasteiger partial charge on any atom is 0.321 e. The third-order valence-corrected chi connectivity index (χ3v) is 4.25. The Balaban J connectivity index is 1.61. The number of carbonyl (C=O) groups is 1. The number of anilines is 2. The van der Waals surface area contributed by atoms with Gasteiger partial charge in [-0.25, -0.2) is 9.18 Å². The van der Waals surface area contributed by atoms with Gasteiger partial charge < -0.3 is 15.1 Å². The highest BCUT2D eigenvalue weighted by Crippen LogP contribution is 2.23. The number of nitrogens with zero attached hydrogens (tertiary/aromatic N) is 2. The first-order valence-electron chi connectivity index (χ1n) is 8.23. The van der Waals surface area contributed by atoms with Crippen molar-refractivity contribution < 1.29 is 9.18 Å². The van der Waals surface area contributed by atoms with Crippen molar-refractivity contribution in [1.82, 2.24) is 4.90 Å². The summed E-state index contributed by atoms with van der Waals surface area (Å²) in [5.74, 6) is -0.274. The monoisotopic (exact) mass is 327 g/mol. The van der Waals surface area contributed by atoms with Crippen LogP contribution in [0.5, 0.6) is 0 Å². The summed E-state index contributed by atoms with van der Waals surface area (Å²) in [5, 5.41) is 2.92. The number of amides is 2. The molecule has 0 atom stereocenters. The minimum Gasteiger partial charge on any atom is -0.371 e. The molecule has 1 aliphatic rings. The quantitative estimate of drug-likeness (QED) is 0.918. The average Bonchev–Trinajstić information content (AvgIpc) is 3.12. The number of nitrogens with one attached hydrogen (secondary N) is 1. The first-order chi connectivity index (χ1) is 11.6. The Kier molecular flexibility index (Phi) is 4.99. The highest BCUT2D eigenvalue weighted by atomic mass is 19.1. The molecule has 1 aliphatic heterocycles. The van der Waals surface area contributed by atoms with E-state index in [4.69, 9.17) is 0 Å². The van der Waals surface area contributed by atoms with E-state index in [2.05, 4.69) is 16.3 Å². The van der Waals surface area contributed by atoms with Gasteiger partial charge in [0, 0.05) is 38.1 Å². The zero-order valence-corrected chi connectivity index (χ0v) is 13.8. The van der Waals surface area contributed by atoms with Crippen LogP contribution < -0.4 is 10.2 Å². The van der Waals surface area contributed by atoms with Crippen LogP contribution in [0.4, 0.5) is 20.6 Å². The Morgan fingerprint density at radius 2 is 1.88 bits per heavy atom. The zero-order valence-electron chi connectivity index (χ0n) is 13.8. The Labute approximate surface area is 141 Å². The summed E-state index contributed by atoms with van der Waals surface area (Å²) < 4.78 is 12.9. The lowest BCUT2D eigenvalue weighted by Crippen LogP contribution is -2.30. The largest absolute Gasteiger partial charge is 0.371 e. The van der Waals surface area contributed by atoms with Gasteiger partial charge in [-0.15, -0.1) is 0 Å². The normalized spacial score (nSPS) is 13.8. The van der Waals surface area contributed by atoms with Crippen LogP contribution >= 0.6 is 0 Å². The van der Waals surface area contributed by atoms with Gasteiger partial charge in [0.15, 0.2) is 0 Å². The lowest BCUT2D eigenvalue weighted by atomic mass is 10.2. The fourth-order valence-corrected chi connectivity index (χ4v) is 2.91. The highest BCUT2D eigenvalue weighted by Gasteiger charge is 2.14.